The lowest BCUT2D eigenvalue weighted by Crippen LogP contribution is -2.52. The fourth-order valence-electron chi connectivity index (χ4n) is 3.48. The zero-order chi connectivity index (χ0) is 16.3. The van der Waals surface area contributed by atoms with Gasteiger partial charge >= 0.3 is 0 Å². The number of nitrogens with zero attached hydrogens (tertiary/aromatic N) is 1. The maximum atomic E-state index is 12.8. The summed E-state index contributed by atoms with van der Waals surface area (Å²) in [7, 11) is 0. The molecule has 0 unspecified atom stereocenters. The van der Waals surface area contributed by atoms with E-state index in [9.17, 15) is 4.79 Å². The summed E-state index contributed by atoms with van der Waals surface area (Å²) in [5.74, 6) is 0.205. The summed E-state index contributed by atoms with van der Waals surface area (Å²) >= 11 is 1.97. The number of hydrogen-bond acceptors (Lipinski definition) is 3. The highest BCUT2D eigenvalue weighted by molar-refractivity contribution is 8.00. The number of hydrogen-bond donors (Lipinski definition) is 0. The third-order valence-corrected chi connectivity index (χ3v) is 6.55. The summed E-state index contributed by atoms with van der Waals surface area (Å²) in [5, 5.41) is 0.611. The minimum atomic E-state index is -0.575. The maximum absolute atomic E-state index is 12.8. The summed E-state index contributed by atoms with van der Waals surface area (Å²) in [4.78, 5) is 16.2. The van der Waals surface area contributed by atoms with Crippen LogP contribution in [0, 0.1) is 6.92 Å². The van der Waals surface area contributed by atoms with E-state index < -0.39 is 5.60 Å². The Balaban J connectivity index is 1.54. The van der Waals surface area contributed by atoms with E-state index in [0.717, 1.165) is 51.8 Å². The minimum absolute atomic E-state index is 0.205. The molecule has 3 nitrogen and oxygen atoms in total. The Kier molecular flexibility index (Phi) is 5.32. The van der Waals surface area contributed by atoms with Gasteiger partial charge in [-0.1, -0.05) is 18.2 Å². The van der Waals surface area contributed by atoms with E-state index in [2.05, 4.69) is 31.2 Å². The molecule has 2 heterocycles. The second kappa shape index (κ2) is 7.27. The summed E-state index contributed by atoms with van der Waals surface area (Å²) in [6.07, 6.45) is 5.19. The number of carbonyl (C=O) groups is 1. The zero-order valence-electron chi connectivity index (χ0n) is 14.2. The lowest BCUT2D eigenvalue weighted by molar-refractivity contribution is -0.162. The molecule has 0 bridgehead atoms. The average molecular weight is 333 g/mol. The van der Waals surface area contributed by atoms with Gasteiger partial charge in [0.05, 0.1) is 0 Å². The zero-order valence-corrected chi connectivity index (χ0v) is 15.0. The topological polar surface area (TPSA) is 29.5 Å². The number of benzene rings is 1. The highest BCUT2D eigenvalue weighted by Crippen LogP contribution is 2.34. The molecule has 126 valence electrons. The first-order chi connectivity index (χ1) is 11.1. The first-order valence-electron chi connectivity index (χ1n) is 8.74. The van der Waals surface area contributed by atoms with Crippen molar-refractivity contribution in [1.82, 2.24) is 4.90 Å². The fourth-order valence-corrected chi connectivity index (χ4v) is 4.70. The molecule has 1 aromatic rings. The molecular formula is C19H27NO2S. The monoisotopic (exact) mass is 333 g/mol. The van der Waals surface area contributed by atoms with E-state index in [1.165, 1.54) is 10.5 Å². The smallest absolute Gasteiger partial charge is 0.254 e. The molecule has 2 saturated heterocycles. The number of amides is 1. The van der Waals surface area contributed by atoms with Gasteiger partial charge in [0.1, 0.15) is 5.60 Å². The van der Waals surface area contributed by atoms with Crippen LogP contribution in [-0.4, -0.2) is 41.4 Å². The van der Waals surface area contributed by atoms with Crippen LogP contribution >= 0.6 is 11.8 Å². The van der Waals surface area contributed by atoms with Crippen LogP contribution in [0.4, 0.5) is 0 Å². The van der Waals surface area contributed by atoms with E-state index in [-0.39, 0.29) is 5.91 Å². The number of thioether (sulfide) groups is 1. The van der Waals surface area contributed by atoms with Gasteiger partial charge in [0.15, 0.2) is 0 Å². The van der Waals surface area contributed by atoms with Crippen LogP contribution < -0.4 is 0 Å². The van der Waals surface area contributed by atoms with Crippen LogP contribution in [-0.2, 0) is 9.53 Å². The predicted octanol–water partition coefficient (Wildman–Crippen LogP) is 4.04. The average Bonchev–Trinajstić information content (AvgIpc) is 2.58. The van der Waals surface area contributed by atoms with Gasteiger partial charge < -0.3 is 9.64 Å². The van der Waals surface area contributed by atoms with Crippen molar-refractivity contribution in [1.29, 1.82) is 0 Å². The van der Waals surface area contributed by atoms with Crippen molar-refractivity contribution in [3.8, 4) is 0 Å². The molecule has 3 rings (SSSR count). The van der Waals surface area contributed by atoms with Crippen LogP contribution in [0.25, 0.3) is 0 Å². The van der Waals surface area contributed by atoms with Crippen molar-refractivity contribution < 1.29 is 9.53 Å². The van der Waals surface area contributed by atoms with E-state index in [4.69, 9.17) is 4.74 Å². The summed E-state index contributed by atoms with van der Waals surface area (Å²) in [5.41, 5.74) is 0.771. The molecule has 0 saturated carbocycles. The van der Waals surface area contributed by atoms with Crippen LogP contribution in [0.2, 0.25) is 0 Å². The molecule has 23 heavy (non-hydrogen) atoms. The Morgan fingerprint density at radius 1 is 1.26 bits per heavy atom. The van der Waals surface area contributed by atoms with Crippen molar-refractivity contribution in [2.75, 3.05) is 19.7 Å². The Hall–Kier alpha value is -1.00. The Bertz CT molecular complexity index is 546. The quantitative estimate of drug-likeness (QED) is 0.836. The molecule has 4 heteroatoms. The van der Waals surface area contributed by atoms with Crippen LogP contribution in [0.1, 0.15) is 44.6 Å². The molecule has 2 fully saturated rings. The van der Waals surface area contributed by atoms with Crippen molar-refractivity contribution >= 4 is 17.7 Å². The largest absolute Gasteiger partial charge is 0.365 e. The first-order valence-corrected chi connectivity index (χ1v) is 9.62. The summed E-state index contributed by atoms with van der Waals surface area (Å²) in [6, 6.07) is 8.57. The van der Waals surface area contributed by atoms with E-state index in [1.54, 1.807) is 0 Å². The molecular weight excluding hydrogens is 306 g/mol. The first kappa shape index (κ1) is 16.8. The molecule has 2 aliphatic heterocycles. The molecule has 0 aromatic heterocycles. The second-order valence-corrected chi connectivity index (χ2v) is 8.25. The van der Waals surface area contributed by atoms with Crippen LogP contribution in [0.15, 0.2) is 29.2 Å². The van der Waals surface area contributed by atoms with Crippen molar-refractivity contribution in [3.63, 3.8) is 0 Å². The number of rotatable bonds is 3. The second-order valence-electron chi connectivity index (χ2n) is 6.91. The molecule has 1 amide bonds. The van der Waals surface area contributed by atoms with E-state index in [1.807, 2.05) is 23.6 Å². The molecule has 0 radical (unpaired) electrons. The Labute approximate surface area is 143 Å². The van der Waals surface area contributed by atoms with Gasteiger partial charge in [0.25, 0.3) is 5.91 Å². The molecule has 2 aliphatic rings. The molecule has 1 atom stereocenters. The Morgan fingerprint density at radius 3 is 2.65 bits per heavy atom. The molecule has 0 aliphatic carbocycles. The van der Waals surface area contributed by atoms with Crippen LogP contribution in [0.3, 0.4) is 0 Å². The van der Waals surface area contributed by atoms with E-state index in [0.29, 0.717) is 5.25 Å². The summed E-state index contributed by atoms with van der Waals surface area (Å²) in [6.45, 7) is 6.59. The van der Waals surface area contributed by atoms with Gasteiger partial charge in [0.2, 0.25) is 0 Å². The summed E-state index contributed by atoms with van der Waals surface area (Å²) < 4.78 is 5.82. The number of carbonyl (C=O) groups excluding carboxylic acids is 1. The number of piperidine rings is 1. The normalized spacial score (nSPS) is 26.3. The van der Waals surface area contributed by atoms with Gasteiger partial charge in [-0.3, -0.25) is 4.79 Å². The fraction of sp³-hybridized carbons (Fsp3) is 0.632. The maximum Gasteiger partial charge on any atom is 0.254 e. The minimum Gasteiger partial charge on any atom is -0.365 e. The van der Waals surface area contributed by atoms with Crippen molar-refractivity contribution in [2.24, 2.45) is 0 Å². The molecule has 1 aromatic carbocycles. The highest BCUT2D eigenvalue weighted by atomic mass is 32.2. The lowest BCUT2D eigenvalue weighted by atomic mass is 9.93. The standard InChI is InChI=1S/C19H27NO2S/c1-15-7-3-4-8-17(15)23-16-9-12-20(13-10-16)18(21)19(2)11-5-6-14-22-19/h3-4,7-8,16H,5-6,9-14H2,1-2H3/t19-/m1/s1. The van der Waals surface area contributed by atoms with Gasteiger partial charge in [-0.05, 0) is 57.6 Å². The third kappa shape index (κ3) is 3.92. The van der Waals surface area contributed by atoms with Gasteiger partial charge in [0, 0.05) is 29.8 Å². The van der Waals surface area contributed by atoms with Crippen molar-refractivity contribution in [3.05, 3.63) is 29.8 Å². The van der Waals surface area contributed by atoms with Crippen molar-refractivity contribution in [2.45, 2.75) is 61.7 Å². The third-order valence-electron chi connectivity index (χ3n) is 5.04. The lowest BCUT2D eigenvalue weighted by Gasteiger charge is -2.40. The van der Waals surface area contributed by atoms with Gasteiger partial charge in [-0.2, -0.15) is 0 Å². The van der Waals surface area contributed by atoms with Crippen LogP contribution in [0.5, 0.6) is 0 Å². The molecule has 0 N–H and O–H groups in total. The van der Waals surface area contributed by atoms with Gasteiger partial charge in [-0.25, -0.2) is 0 Å². The van der Waals surface area contributed by atoms with Gasteiger partial charge in [-0.15, -0.1) is 11.8 Å². The SMILES string of the molecule is Cc1ccccc1SC1CCN(C(=O)[C@@]2(C)CCCCO2)CC1. The number of ether oxygens (including phenoxy) is 1. The highest BCUT2D eigenvalue weighted by Gasteiger charge is 2.40. The predicted molar refractivity (Wildman–Crippen MR) is 94.8 cm³/mol. The molecule has 0 spiro atoms. The number of aryl methyl sites for hydroxylation is 1. The number of likely N-dealkylation sites (tertiary alicyclic amines) is 1. The van der Waals surface area contributed by atoms with E-state index >= 15 is 0 Å². The Morgan fingerprint density at radius 2 is 2.00 bits per heavy atom.